The van der Waals surface area contributed by atoms with Crippen molar-refractivity contribution < 1.29 is 9.59 Å². The number of rotatable bonds is 4. The molecule has 4 amide bonds. The summed E-state index contributed by atoms with van der Waals surface area (Å²) in [5.74, 6) is 0. The summed E-state index contributed by atoms with van der Waals surface area (Å²) in [5, 5.41) is 2.89. The normalized spacial score (nSPS) is 19.5. The first-order valence-electron chi connectivity index (χ1n) is 6.98. The quantitative estimate of drug-likeness (QED) is 0.918. The Morgan fingerprint density at radius 1 is 1.20 bits per heavy atom. The summed E-state index contributed by atoms with van der Waals surface area (Å²) in [7, 11) is 0. The molecule has 1 aromatic carbocycles. The minimum Gasteiger partial charge on any atom is -0.317 e. The Bertz CT molecular complexity index is 487. The maximum Gasteiger partial charge on any atom is 0.330 e. The minimum atomic E-state index is -0.304. The molecule has 20 heavy (non-hydrogen) atoms. The predicted octanol–water partition coefficient (Wildman–Crippen LogP) is 2.78. The standard InChI is InChI=1S/C15H21N3O2/c1-4-13-16-14(19)18(11(2)3)15(20)17(13)10-12-8-6-5-7-9-12/h5-9,11,13H,4,10H2,1-3H3,(H,16,19). The van der Waals surface area contributed by atoms with E-state index in [1.54, 1.807) is 4.90 Å². The number of hydrogen-bond donors (Lipinski definition) is 1. The highest BCUT2D eigenvalue weighted by molar-refractivity contribution is 5.96. The maximum absolute atomic E-state index is 12.5. The lowest BCUT2D eigenvalue weighted by Gasteiger charge is -2.42. The second-order valence-electron chi connectivity index (χ2n) is 5.23. The topological polar surface area (TPSA) is 52.7 Å². The Labute approximate surface area is 119 Å². The molecule has 1 fully saturated rings. The zero-order chi connectivity index (χ0) is 14.7. The van der Waals surface area contributed by atoms with E-state index >= 15 is 0 Å². The van der Waals surface area contributed by atoms with Crippen LogP contribution in [0.25, 0.3) is 0 Å². The molecular weight excluding hydrogens is 254 g/mol. The largest absolute Gasteiger partial charge is 0.330 e. The summed E-state index contributed by atoms with van der Waals surface area (Å²) in [6, 6.07) is 9.12. The van der Waals surface area contributed by atoms with E-state index in [1.807, 2.05) is 51.1 Å². The van der Waals surface area contributed by atoms with E-state index in [0.29, 0.717) is 13.0 Å². The van der Waals surface area contributed by atoms with Gasteiger partial charge in [0.15, 0.2) is 0 Å². The molecule has 0 aliphatic carbocycles. The number of imide groups is 1. The van der Waals surface area contributed by atoms with Crippen LogP contribution < -0.4 is 5.32 Å². The van der Waals surface area contributed by atoms with E-state index in [1.165, 1.54) is 4.90 Å². The zero-order valence-corrected chi connectivity index (χ0v) is 12.2. The Hall–Kier alpha value is -2.04. The van der Waals surface area contributed by atoms with Crippen LogP contribution in [0, 0.1) is 0 Å². The minimum absolute atomic E-state index is 0.154. The number of hydrogen-bond acceptors (Lipinski definition) is 2. The van der Waals surface area contributed by atoms with E-state index in [9.17, 15) is 9.59 Å². The molecule has 5 heteroatoms. The molecule has 0 radical (unpaired) electrons. The van der Waals surface area contributed by atoms with Gasteiger partial charge in [-0.05, 0) is 25.8 Å². The third kappa shape index (κ3) is 2.76. The highest BCUT2D eigenvalue weighted by atomic mass is 16.2. The molecule has 1 unspecified atom stereocenters. The van der Waals surface area contributed by atoms with Crippen LogP contribution in [0.4, 0.5) is 9.59 Å². The summed E-state index contributed by atoms with van der Waals surface area (Å²) < 4.78 is 0. The fourth-order valence-electron chi connectivity index (χ4n) is 2.38. The molecule has 2 rings (SSSR count). The predicted molar refractivity (Wildman–Crippen MR) is 77.0 cm³/mol. The van der Waals surface area contributed by atoms with E-state index in [-0.39, 0.29) is 24.3 Å². The molecule has 5 nitrogen and oxygen atoms in total. The molecule has 1 saturated heterocycles. The average Bonchev–Trinajstić information content (AvgIpc) is 2.42. The van der Waals surface area contributed by atoms with Crippen molar-refractivity contribution in [3.8, 4) is 0 Å². The van der Waals surface area contributed by atoms with Crippen molar-refractivity contribution in [1.29, 1.82) is 0 Å². The molecule has 1 aliphatic rings. The molecule has 0 spiro atoms. The molecular formula is C15H21N3O2. The van der Waals surface area contributed by atoms with Crippen molar-refractivity contribution in [2.75, 3.05) is 0 Å². The molecule has 0 aromatic heterocycles. The lowest BCUT2D eigenvalue weighted by molar-refractivity contribution is 0.0882. The van der Waals surface area contributed by atoms with Crippen molar-refractivity contribution in [3.63, 3.8) is 0 Å². The van der Waals surface area contributed by atoms with Gasteiger partial charge in [-0.3, -0.25) is 4.90 Å². The van der Waals surface area contributed by atoms with Crippen LogP contribution in [-0.4, -0.2) is 34.1 Å². The second-order valence-corrected chi connectivity index (χ2v) is 5.23. The molecule has 108 valence electrons. The van der Waals surface area contributed by atoms with E-state index in [0.717, 1.165) is 5.56 Å². The lowest BCUT2D eigenvalue weighted by Crippen LogP contribution is -2.65. The Morgan fingerprint density at radius 3 is 2.40 bits per heavy atom. The van der Waals surface area contributed by atoms with Crippen LogP contribution in [0.2, 0.25) is 0 Å². The van der Waals surface area contributed by atoms with Gasteiger partial charge in [-0.2, -0.15) is 0 Å². The highest BCUT2D eigenvalue weighted by Crippen LogP contribution is 2.18. The number of carbonyl (C=O) groups excluding carboxylic acids is 2. The molecule has 1 N–H and O–H groups in total. The van der Waals surface area contributed by atoms with Gasteiger partial charge in [0.2, 0.25) is 0 Å². The Kier molecular flexibility index (Phi) is 4.27. The highest BCUT2D eigenvalue weighted by Gasteiger charge is 2.38. The van der Waals surface area contributed by atoms with Gasteiger partial charge in [-0.1, -0.05) is 37.3 Å². The maximum atomic E-state index is 12.5. The summed E-state index contributed by atoms with van der Waals surface area (Å²) in [6.07, 6.45) is 0.446. The van der Waals surface area contributed by atoms with Crippen molar-refractivity contribution >= 4 is 12.1 Å². The molecule has 1 aliphatic heterocycles. The summed E-state index contributed by atoms with van der Waals surface area (Å²) in [4.78, 5) is 27.5. The summed E-state index contributed by atoms with van der Waals surface area (Å²) in [6.45, 7) is 6.14. The van der Waals surface area contributed by atoms with Crippen LogP contribution in [0.3, 0.4) is 0 Å². The summed E-state index contributed by atoms with van der Waals surface area (Å²) in [5.41, 5.74) is 1.05. The molecule has 1 heterocycles. The Morgan fingerprint density at radius 2 is 1.85 bits per heavy atom. The van der Waals surface area contributed by atoms with Crippen LogP contribution in [0.15, 0.2) is 30.3 Å². The molecule has 1 aromatic rings. The molecule has 0 bridgehead atoms. The van der Waals surface area contributed by atoms with E-state index in [4.69, 9.17) is 0 Å². The Balaban J connectivity index is 2.23. The molecule has 0 saturated carbocycles. The number of carbonyl (C=O) groups is 2. The van der Waals surface area contributed by atoms with Gasteiger partial charge in [0.25, 0.3) is 0 Å². The SMILES string of the molecule is CCC1NC(=O)N(C(C)C)C(=O)N1Cc1ccccc1. The smallest absolute Gasteiger partial charge is 0.317 e. The van der Waals surface area contributed by atoms with Crippen LogP contribution in [-0.2, 0) is 6.54 Å². The van der Waals surface area contributed by atoms with Crippen molar-refractivity contribution in [2.45, 2.75) is 45.9 Å². The third-order valence-corrected chi connectivity index (χ3v) is 3.44. The first kappa shape index (κ1) is 14.4. The van der Waals surface area contributed by atoms with Crippen LogP contribution in [0.1, 0.15) is 32.8 Å². The first-order chi connectivity index (χ1) is 9.54. The van der Waals surface area contributed by atoms with Gasteiger partial charge >= 0.3 is 12.1 Å². The monoisotopic (exact) mass is 275 g/mol. The summed E-state index contributed by atoms with van der Waals surface area (Å²) >= 11 is 0. The van der Waals surface area contributed by atoms with Gasteiger partial charge in [0, 0.05) is 12.6 Å². The zero-order valence-electron chi connectivity index (χ0n) is 12.2. The average molecular weight is 275 g/mol. The van der Waals surface area contributed by atoms with Gasteiger partial charge < -0.3 is 5.32 Å². The second kappa shape index (κ2) is 5.94. The number of benzene rings is 1. The van der Waals surface area contributed by atoms with Gasteiger partial charge in [-0.25, -0.2) is 14.5 Å². The van der Waals surface area contributed by atoms with E-state index < -0.39 is 0 Å². The molecule has 1 atom stereocenters. The van der Waals surface area contributed by atoms with Crippen LogP contribution in [0.5, 0.6) is 0 Å². The first-order valence-corrected chi connectivity index (χ1v) is 6.98. The number of urea groups is 2. The van der Waals surface area contributed by atoms with Crippen molar-refractivity contribution in [3.05, 3.63) is 35.9 Å². The van der Waals surface area contributed by atoms with E-state index in [2.05, 4.69) is 5.32 Å². The van der Waals surface area contributed by atoms with Gasteiger partial charge in [0.1, 0.15) is 6.17 Å². The number of nitrogens with one attached hydrogen (secondary N) is 1. The van der Waals surface area contributed by atoms with Crippen molar-refractivity contribution in [1.82, 2.24) is 15.1 Å². The third-order valence-electron chi connectivity index (χ3n) is 3.44. The number of nitrogens with zero attached hydrogens (tertiary/aromatic N) is 2. The lowest BCUT2D eigenvalue weighted by atomic mass is 10.2. The van der Waals surface area contributed by atoms with Crippen LogP contribution >= 0.6 is 0 Å². The fourth-order valence-corrected chi connectivity index (χ4v) is 2.38. The van der Waals surface area contributed by atoms with Gasteiger partial charge in [0.05, 0.1) is 0 Å². The van der Waals surface area contributed by atoms with Crippen molar-refractivity contribution in [2.24, 2.45) is 0 Å². The number of amides is 4. The fraction of sp³-hybridized carbons (Fsp3) is 0.467. The van der Waals surface area contributed by atoms with Gasteiger partial charge in [-0.15, -0.1) is 0 Å².